The normalized spacial score (nSPS) is 21.6. The van der Waals surface area contributed by atoms with Gasteiger partial charge >= 0.3 is 45.9 Å². The van der Waals surface area contributed by atoms with E-state index in [0.29, 0.717) is 17.3 Å². The van der Waals surface area contributed by atoms with Gasteiger partial charge < -0.3 is 16.5 Å². The van der Waals surface area contributed by atoms with Gasteiger partial charge in [-0.3, -0.25) is 9.35 Å². The molecule has 26 heavy (non-hydrogen) atoms. The maximum atomic E-state index is 12.3. The van der Waals surface area contributed by atoms with E-state index < -0.39 is 34.3 Å². The van der Waals surface area contributed by atoms with E-state index in [2.05, 4.69) is 5.32 Å². The third-order valence-corrected chi connectivity index (χ3v) is 5.49. The fourth-order valence-corrected chi connectivity index (χ4v) is 4.13. The van der Waals surface area contributed by atoms with Crippen LogP contribution in [0.4, 0.5) is 10.5 Å². The minimum atomic E-state index is -4.56. The first-order valence-electron chi connectivity index (χ1n) is 7.81. The van der Waals surface area contributed by atoms with Crippen molar-refractivity contribution in [2.45, 2.75) is 25.0 Å². The molecular formula is C15H21N4NaO5S. The number of anilines is 1. The molecule has 2 aliphatic rings. The summed E-state index contributed by atoms with van der Waals surface area (Å²) in [5, 5.41) is 2.74. The van der Waals surface area contributed by atoms with Crippen molar-refractivity contribution in [2.75, 3.05) is 25.5 Å². The summed E-state index contributed by atoms with van der Waals surface area (Å²) in [6, 6.07) is 5.76. The summed E-state index contributed by atoms with van der Waals surface area (Å²) in [6.07, 6.45) is 0.321. The first-order chi connectivity index (χ1) is 11.7. The number of β-lactam (4-membered cyclic amide) rings is 1. The average Bonchev–Trinajstić information content (AvgIpc) is 2.90. The Morgan fingerprint density at radius 3 is 2.50 bits per heavy atom. The topological polar surface area (TPSA) is 110 Å². The number of carbonyl (C=O) groups excluding carboxylic acids is 2. The Morgan fingerprint density at radius 1 is 1.35 bits per heavy atom. The molecule has 0 aliphatic carbocycles. The van der Waals surface area contributed by atoms with Crippen LogP contribution < -0.4 is 39.8 Å². The van der Waals surface area contributed by atoms with E-state index in [1.165, 1.54) is 4.90 Å². The van der Waals surface area contributed by atoms with Gasteiger partial charge in [0.1, 0.15) is 6.04 Å². The van der Waals surface area contributed by atoms with Crippen molar-refractivity contribution in [1.82, 2.24) is 14.5 Å². The van der Waals surface area contributed by atoms with Gasteiger partial charge in [-0.2, -0.15) is 8.42 Å². The number of amides is 3. The van der Waals surface area contributed by atoms with Crippen LogP contribution >= 0.6 is 0 Å². The third kappa shape index (κ3) is 3.84. The number of likely N-dealkylation sites (tertiary alicyclic amines) is 1. The minimum absolute atomic E-state index is 0. The number of fused-ring (bicyclic) bond motifs is 1. The Hall–Kier alpha value is -1.33. The zero-order valence-electron chi connectivity index (χ0n) is 15.9. The molecule has 2 heterocycles. The van der Waals surface area contributed by atoms with Gasteiger partial charge in [0.2, 0.25) is 0 Å². The predicted molar refractivity (Wildman–Crippen MR) is 91.4 cm³/mol. The van der Waals surface area contributed by atoms with E-state index in [1.807, 2.05) is 43.3 Å². The number of rotatable bonds is 4. The molecule has 2 aliphatic heterocycles. The zero-order valence-corrected chi connectivity index (χ0v) is 17.7. The molecule has 0 saturated carbocycles. The Bertz CT molecular complexity index is 805. The molecule has 0 aromatic heterocycles. The van der Waals surface area contributed by atoms with E-state index in [1.54, 1.807) is 0 Å². The molecule has 0 radical (unpaired) electrons. The number of urea groups is 1. The van der Waals surface area contributed by atoms with Crippen LogP contribution in [0.3, 0.4) is 0 Å². The van der Waals surface area contributed by atoms with Crippen LogP contribution in [0.1, 0.15) is 13.4 Å². The van der Waals surface area contributed by atoms with Gasteiger partial charge in [0.25, 0.3) is 5.91 Å². The molecule has 2 N–H and O–H groups in total. The summed E-state index contributed by atoms with van der Waals surface area (Å²) in [5.74, 6) is -0.768. The van der Waals surface area contributed by atoms with Crippen LogP contribution in [0.2, 0.25) is 0 Å². The molecule has 0 spiro atoms. The largest absolute Gasteiger partial charge is 1.00 e. The van der Waals surface area contributed by atoms with E-state index in [9.17, 15) is 18.0 Å². The standard InChI is InChI=1S/C15H20N4O5S.Na.H/c1-17(2)11-5-3-10(4-6-11)9-16-15(21)18-8-7-12-13(18)14(20)19(12)25(22,23)24;;/h3-6,12-13H,7-9H2,1-2H3,(H,16,21)(H,22,23,24);;/q;+1;-1/t12-,13+;;/m1../s1. The maximum absolute atomic E-state index is 12.3. The van der Waals surface area contributed by atoms with Gasteiger partial charge in [0, 0.05) is 32.9 Å². The van der Waals surface area contributed by atoms with Crippen LogP contribution in [-0.4, -0.2) is 66.8 Å². The van der Waals surface area contributed by atoms with Gasteiger partial charge in [-0.15, -0.1) is 0 Å². The molecule has 0 unspecified atom stereocenters. The fourth-order valence-electron chi connectivity index (χ4n) is 3.23. The molecule has 11 heteroatoms. The molecule has 3 rings (SSSR count). The number of carbonyl (C=O) groups is 2. The summed E-state index contributed by atoms with van der Waals surface area (Å²) in [7, 11) is -0.690. The molecule has 2 fully saturated rings. The van der Waals surface area contributed by atoms with Crippen LogP contribution in [0.25, 0.3) is 0 Å². The molecular weight excluding hydrogens is 371 g/mol. The summed E-state index contributed by atoms with van der Waals surface area (Å²) >= 11 is 0. The number of benzene rings is 1. The van der Waals surface area contributed by atoms with E-state index in [4.69, 9.17) is 4.55 Å². The fraction of sp³-hybridized carbons (Fsp3) is 0.467. The van der Waals surface area contributed by atoms with Crippen molar-refractivity contribution in [3.05, 3.63) is 29.8 Å². The third-order valence-electron chi connectivity index (χ3n) is 4.54. The van der Waals surface area contributed by atoms with E-state index in [-0.39, 0.29) is 37.5 Å². The number of hydrogen-bond donors (Lipinski definition) is 2. The van der Waals surface area contributed by atoms with Gasteiger partial charge in [0.15, 0.2) is 0 Å². The van der Waals surface area contributed by atoms with Crippen molar-refractivity contribution >= 4 is 27.9 Å². The second-order valence-corrected chi connectivity index (χ2v) is 7.61. The Labute approximate surface area is 176 Å². The second kappa shape index (κ2) is 7.73. The molecule has 2 atom stereocenters. The monoisotopic (exact) mass is 392 g/mol. The molecule has 1 aromatic carbocycles. The van der Waals surface area contributed by atoms with Crippen molar-refractivity contribution in [3.8, 4) is 0 Å². The van der Waals surface area contributed by atoms with Crippen molar-refractivity contribution in [3.63, 3.8) is 0 Å². The first-order valence-corrected chi connectivity index (χ1v) is 9.21. The minimum Gasteiger partial charge on any atom is -1.00 e. The second-order valence-electron chi connectivity index (χ2n) is 6.33. The molecule has 3 amide bonds. The summed E-state index contributed by atoms with van der Waals surface area (Å²) in [6.45, 7) is 0.565. The van der Waals surface area contributed by atoms with Gasteiger partial charge in [0.05, 0.1) is 6.04 Å². The quantitative estimate of drug-likeness (QED) is 0.325. The smallest absolute Gasteiger partial charge is 1.00 e. The van der Waals surface area contributed by atoms with E-state index >= 15 is 0 Å². The maximum Gasteiger partial charge on any atom is 1.00 e. The van der Waals surface area contributed by atoms with Gasteiger partial charge in [-0.05, 0) is 24.1 Å². The average molecular weight is 392 g/mol. The number of nitrogens with one attached hydrogen (secondary N) is 1. The molecule has 0 bridgehead atoms. The van der Waals surface area contributed by atoms with Crippen molar-refractivity contribution in [2.24, 2.45) is 0 Å². The van der Waals surface area contributed by atoms with Crippen molar-refractivity contribution in [1.29, 1.82) is 0 Å². The van der Waals surface area contributed by atoms with Gasteiger partial charge in [-0.25, -0.2) is 9.10 Å². The van der Waals surface area contributed by atoms with Gasteiger partial charge in [-0.1, -0.05) is 12.1 Å². The number of nitrogens with zero attached hydrogens (tertiary/aromatic N) is 3. The number of hydrogen-bond acceptors (Lipinski definition) is 5. The Balaban J connectivity index is 0.00000182. The molecule has 1 aromatic rings. The Morgan fingerprint density at radius 2 is 1.96 bits per heavy atom. The summed E-state index contributed by atoms with van der Waals surface area (Å²) < 4.78 is 31.8. The Kier molecular flexibility index (Phi) is 6.24. The van der Waals surface area contributed by atoms with Crippen LogP contribution in [-0.2, 0) is 21.6 Å². The van der Waals surface area contributed by atoms with Crippen LogP contribution in [0.5, 0.6) is 0 Å². The molecule has 138 valence electrons. The van der Waals surface area contributed by atoms with E-state index in [0.717, 1.165) is 11.3 Å². The summed E-state index contributed by atoms with van der Waals surface area (Å²) in [4.78, 5) is 27.5. The van der Waals surface area contributed by atoms with Crippen LogP contribution in [0.15, 0.2) is 24.3 Å². The summed E-state index contributed by atoms with van der Waals surface area (Å²) in [5.41, 5.74) is 1.96. The predicted octanol–water partition coefficient (Wildman–Crippen LogP) is -2.83. The SMILES string of the molecule is CN(C)c1ccc(CNC(=O)N2CC[C@@H]3[C@H]2C(=O)N3S(=O)(=O)O)cc1.[H-].[Na+]. The van der Waals surface area contributed by atoms with Crippen LogP contribution in [0, 0.1) is 0 Å². The molecule has 2 saturated heterocycles. The first kappa shape index (κ1) is 21.0. The van der Waals surface area contributed by atoms with Crippen molar-refractivity contribution < 1.29 is 53.5 Å². The molecule has 9 nitrogen and oxygen atoms in total. The zero-order chi connectivity index (χ0) is 18.4.